The van der Waals surface area contributed by atoms with Crippen LogP contribution in [0.1, 0.15) is 17.2 Å². The number of hydrogen-bond donors (Lipinski definition) is 2. The van der Waals surface area contributed by atoms with E-state index in [1.165, 1.54) is 19.2 Å². The molecule has 0 aromatic heterocycles. The zero-order chi connectivity index (χ0) is 15.4. The molecule has 1 atom stereocenters. The first kappa shape index (κ1) is 15.8. The van der Waals surface area contributed by atoms with E-state index in [4.69, 9.17) is 15.3 Å². The third kappa shape index (κ3) is 3.34. The van der Waals surface area contributed by atoms with Crippen molar-refractivity contribution in [1.82, 2.24) is 5.43 Å². The molecular formula is C15H16BrFN2O2. The van der Waals surface area contributed by atoms with Gasteiger partial charge in [0.25, 0.3) is 0 Å². The summed E-state index contributed by atoms with van der Waals surface area (Å²) in [6, 6.07) is 9.47. The number of rotatable bonds is 5. The number of ether oxygens (including phenoxy) is 2. The number of hydrogen-bond acceptors (Lipinski definition) is 4. The molecule has 6 heteroatoms. The Balaban J connectivity index is 2.49. The average molecular weight is 355 g/mol. The third-order valence-electron chi connectivity index (χ3n) is 3.18. The molecule has 0 heterocycles. The zero-order valence-electron chi connectivity index (χ0n) is 11.7. The molecule has 0 fully saturated rings. The molecular weight excluding hydrogens is 339 g/mol. The van der Waals surface area contributed by atoms with E-state index in [0.29, 0.717) is 17.1 Å². The van der Waals surface area contributed by atoms with E-state index < -0.39 is 6.04 Å². The lowest BCUT2D eigenvalue weighted by atomic mass is 9.98. The molecule has 0 aliphatic heterocycles. The lowest BCUT2D eigenvalue weighted by Crippen LogP contribution is -2.29. The van der Waals surface area contributed by atoms with Crippen LogP contribution in [-0.2, 0) is 0 Å². The van der Waals surface area contributed by atoms with Gasteiger partial charge in [0.2, 0.25) is 0 Å². The van der Waals surface area contributed by atoms with Crippen molar-refractivity contribution in [3.8, 4) is 11.5 Å². The van der Waals surface area contributed by atoms with Crippen molar-refractivity contribution in [3.63, 3.8) is 0 Å². The highest BCUT2D eigenvalue weighted by Crippen LogP contribution is 2.34. The van der Waals surface area contributed by atoms with Crippen LogP contribution in [0.4, 0.5) is 4.39 Å². The van der Waals surface area contributed by atoms with Crippen molar-refractivity contribution in [3.05, 3.63) is 57.8 Å². The van der Waals surface area contributed by atoms with E-state index in [1.807, 2.05) is 18.2 Å². The van der Waals surface area contributed by atoms with E-state index in [2.05, 4.69) is 21.4 Å². The Bertz CT molecular complexity index is 637. The minimum Gasteiger partial charge on any atom is -0.496 e. The summed E-state index contributed by atoms with van der Waals surface area (Å²) in [6.07, 6.45) is 0. The molecule has 0 saturated heterocycles. The fourth-order valence-corrected chi connectivity index (χ4v) is 2.72. The first-order chi connectivity index (χ1) is 10.1. The minimum absolute atomic E-state index is 0.348. The van der Waals surface area contributed by atoms with Gasteiger partial charge in [-0.1, -0.05) is 6.07 Å². The smallest absolute Gasteiger partial charge is 0.133 e. The number of nitrogens with one attached hydrogen (secondary N) is 1. The molecule has 1 unspecified atom stereocenters. The van der Waals surface area contributed by atoms with Gasteiger partial charge in [-0.2, -0.15) is 0 Å². The van der Waals surface area contributed by atoms with Crippen LogP contribution in [0.2, 0.25) is 0 Å². The Morgan fingerprint density at radius 3 is 2.33 bits per heavy atom. The highest BCUT2D eigenvalue weighted by Gasteiger charge is 2.19. The highest BCUT2D eigenvalue weighted by molar-refractivity contribution is 9.10. The molecule has 112 valence electrons. The largest absolute Gasteiger partial charge is 0.496 e. The summed E-state index contributed by atoms with van der Waals surface area (Å²) in [5.41, 5.74) is 4.17. The van der Waals surface area contributed by atoms with Gasteiger partial charge in [-0.25, -0.2) is 9.82 Å². The van der Waals surface area contributed by atoms with Crippen LogP contribution in [0.25, 0.3) is 0 Å². The molecule has 3 N–H and O–H groups in total. The van der Waals surface area contributed by atoms with Gasteiger partial charge in [0.05, 0.1) is 24.7 Å². The molecule has 0 aliphatic rings. The second-order valence-corrected chi connectivity index (χ2v) is 5.23. The Hall–Kier alpha value is -1.63. The monoisotopic (exact) mass is 354 g/mol. The van der Waals surface area contributed by atoms with Gasteiger partial charge < -0.3 is 9.47 Å². The topological polar surface area (TPSA) is 56.5 Å². The molecule has 2 rings (SSSR count). The molecule has 0 aliphatic carbocycles. The van der Waals surface area contributed by atoms with Crippen molar-refractivity contribution < 1.29 is 13.9 Å². The SMILES string of the molecule is COc1ccc(C(NN)c2cc(F)ccc2OC)cc1Br. The Morgan fingerprint density at radius 2 is 1.76 bits per heavy atom. The van der Waals surface area contributed by atoms with Gasteiger partial charge in [0, 0.05) is 5.56 Å². The third-order valence-corrected chi connectivity index (χ3v) is 3.80. The van der Waals surface area contributed by atoms with Gasteiger partial charge in [0.15, 0.2) is 0 Å². The van der Waals surface area contributed by atoms with Crippen LogP contribution in [0, 0.1) is 5.82 Å². The first-order valence-corrected chi connectivity index (χ1v) is 7.03. The molecule has 0 amide bonds. The Labute approximate surface area is 131 Å². The van der Waals surface area contributed by atoms with Gasteiger partial charge in [-0.05, 0) is 51.8 Å². The fourth-order valence-electron chi connectivity index (χ4n) is 2.16. The average Bonchev–Trinajstić information content (AvgIpc) is 2.48. The molecule has 0 radical (unpaired) electrons. The van der Waals surface area contributed by atoms with Gasteiger partial charge >= 0.3 is 0 Å². The molecule has 2 aromatic carbocycles. The maximum absolute atomic E-state index is 13.5. The van der Waals surface area contributed by atoms with Crippen molar-refractivity contribution >= 4 is 15.9 Å². The van der Waals surface area contributed by atoms with Crippen molar-refractivity contribution in [2.24, 2.45) is 5.84 Å². The number of hydrazine groups is 1. The van der Waals surface area contributed by atoms with Gasteiger partial charge in [-0.15, -0.1) is 0 Å². The van der Waals surface area contributed by atoms with Crippen molar-refractivity contribution in [2.45, 2.75) is 6.04 Å². The zero-order valence-corrected chi connectivity index (χ0v) is 13.3. The predicted octanol–water partition coefficient (Wildman–Crippen LogP) is 3.16. The summed E-state index contributed by atoms with van der Waals surface area (Å²) in [7, 11) is 3.13. The van der Waals surface area contributed by atoms with E-state index >= 15 is 0 Å². The summed E-state index contributed by atoms with van der Waals surface area (Å²) in [5, 5.41) is 0. The van der Waals surface area contributed by atoms with Crippen LogP contribution >= 0.6 is 15.9 Å². The normalized spacial score (nSPS) is 12.0. The molecule has 4 nitrogen and oxygen atoms in total. The highest BCUT2D eigenvalue weighted by atomic mass is 79.9. The number of nitrogens with two attached hydrogens (primary N) is 1. The molecule has 0 spiro atoms. The summed E-state index contributed by atoms with van der Waals surface area (Å²) < 4.78 is 24.8. The van der Waals surface area contributed by atoms with Crippen LogP contribution < -0.4 is 20.7 Å². The lowest BCUT2D eigenvalue weighted by molar-refractivity contribution is 0.402. The van der Waals surface area contributed by atoms with Crippen LogP contribution in [0.3, 0.4) is 0 Å². The lowest BCUT2D eigenvalue weighted by Gasteiger charge is -2.20. The Morgan fingerprint density at radius 1 is 1.10 bits per heavy atom. The maximum Gasteiger partial charge on any atom is 0.133 e. The van der Waals surface area contributed by atoms with Crippen LogP contribution in [0.15, 0.2) is 40.9 Å². The van der Waals surface area contributed by atoms with Gasteiger partial charge in [0.1, 0.15) is 17.3 Å². The first-order valence-electron chi connectivity index (χ1n) is 6.23. The number of halogens is 2. The molecule has 21 heavy (non-hydrogen) atoms. The Kier molecular flexibility index (Phi) is 5.17. The van der Waals surface area contributed by atoms with E-state index in [9.17, 15) is 4.39 Å². The van der Waals surface area contributed by atoms with Gasteiger partial charge in [-0.3, -0.25) is 5.84 Å². The molecule has 2 aromatic rings. The second-order valence-electron chi connectivity index (χ2n) is 4.38. The van der Waals surface area contributed by atoms with Crippen molar-refractivity contribution in [1.29, 1.82) is 0 Å². The quantitative estimate of drug-likeness (QED) is 0.639. The van der Waals surface area contributed by atoms with Crippen LogP contribution in [0.5, 0.6) is 11.5 Å². The summed E-state index contributed by atoms with van der Waals surface area (Å²) in [5.74, 6) is 6.58. The predicted molar refractivity (Wildman–Crippen MR) is 82.8 cm³/mol. The standard InChI is InChI=1S/C15H16BrFN2O2/c1-20-13-6-4-10(17)8-11(13)15(19-18)9-3-5-14(21-2)12(16)7-9/h3-8,15,19H,18H2,1-2H3. The van der Waals surface area contributed by atoms with E-state index in [-0.39, 0.29) is 5.82 Å². The molecule has 0 saturated carbocycles. The summed E-state index contributed by atoms with van der Waals surface area (Å²) in [6.45, 7) is 0. The molecule has 0 bridgehead atoms. The minimum atomic E-state index is -0.405. The summed E-state index contributed by atoms with van der Waals surface area (Å²) in [4.78, 5) is 0. The maximum atomic E-state index is 13.5. The van der Waals surface area contributed by atoms with Crippen LogP contribution in [-0.4, -0.2) is 14.2 Å². The fraction of sp³-hybridized carbons (Fsp3) is 0.200. The number of methoxy groups -OCH3 is 2. The van der Waals surface area contributed by atoms with Crippen molar-refractivity contribution in [2.75, 3.05) is 14.2 Å². The van der Waals surface area contributed by atoms with E-state index in [0.717, 1.165) is 10.0 Å². The summed E-state index contributed by atoms with van der Waals surface area (Å²) >= 11 is 3.43. The second kappa shape index (κ2) is 6.89. The number of benzene rings is 2. The van der Waals surface area contributed by atoms with E-state index in [1.54, 1.807) is 13.2 Å².